The van der Waals surface area contributed by atoms with Gasteiger partial charge in [0, 0.05) is 12.7 Å². The number of amides is 1. The maximum absolute atomic E-state index is 13.6. The number of nitriles is 1. The number of carbonyl (C=O) groups is 1. The average Bonchev–Trinajstić information content (AvgIpc) is 3.42. The van der Waals surface area contributed by atoms with Crippen molar-refractivity contribution in [3.8, 4) is 11.8 Å². The predicted molar refractivity (Wildman–Crippen MR) is 88.0 cm³/mol. The lowest BCUT2D eigenvalue weighted by atomic mass is 10.0. The van der Waals surface area contributed by atoms with Gasteiger partial charge in [0.15, 0.2) is 5.75 Å². The summed E-state index contributed by atoms with van der Waals surface area (Å²) in [6.07, 6.45) is 2.80. The number of hydrogen-bond donors (Lipinski definition) is 2. The molecule has 0 bridgehead atoms. The van der Waals surface area contributed by atoms with Crippen LogP contribution in [0.25, 0.3) is 0 Å². The van der Waals surface area contributed by atoms with E-state index in [2.05, 4.69) is 20.6 Å². The van der Waals surface area contributed by atoms with Crippen LogP contribution in [0.3, 0.4) is 0 Å². The Morgan fingerprint density at radius 2 is 2.16 bits per heavy atom. The molecule has 7 nitrogen and oxygen atoms in total. The van der Waals surface area contributed by atoms with Crippen LogP contribution in [0.4, 0.5) is 16.0 Å². The van der Waals surface area contributed by atoms with Gasteiger partial charge in [-0.15, -0.1) is 0 Å². The molecule has 0 spiro atoms. The Hall–Kier alpha value is -3.21. The summed E-state index contributed by atoms with van der Waals surface area (Å²) in [5, 5.41) is 14.4. The van der Waals surface area contributed by atoms with Gasteiger partial charge < -0.3 is 15.4 Å². The van der Waals surface area contributed by atoms with Crippen molar-refractivity contribution in [2.45, 2.75) is 18.3 Å². The van der Waals surface area contributed by atoms with Crippen LogP contribution in [0.1, 0.15) is 24.1 Å². The molecule has 1 amide bonds. The molecule has 1 saturated carbocycles. The predicted octanol–water partition coefficient (Wildman–Crippen LogP) is 2.02. The van der Waals surface area contributed by atoms with Gasteiger partial charge in [-0.05, 0) is 31.0 Å². The molecule has 2 N–H and O–H groups in total. The first-order valence-electron chi connectivity index (χ1n) is 7.64. The molecule has 2 aromatic rings. The standard InChI is InChI=1S/C17H16FN5O2/c1-20-15(24)17(3-4-17)14-13(25-2)9-21-16(23-14)22-12-6-10(8-19)5-11(18)7-12/h5-7,9H,3-4H2,1-2H3,(H,20,24)(H,21,22,23). The highest BCUT2D eigenvalue weighted by atomic mass is 19.1. The molecule has 0 atom stereocenters. The fourth-order valence-electron chi connectivity index (χ4n) is 2.71. The van der Waals surface area contributed by atoms with Crippen molar-refractivity contribution in [2.24, 2.45) is 0 Å². The molecule has 25 heavy (non-hydrogen) atoms. The first-order chi connectivity index (χ1) is 12.0. The molecule has 128 valence electrons. The average molecular weight is 341 g/mol. The summed E-state index contributed by atoms with van der Waals surface area (Å²) < 4.78 is 18.9. The summed E-state index contributed by atoms with van der Waals surface area (Å²) in [4.78, 5) is 20.8. The molecule has 0 unspecified atom stereocenters. The van der Waals surface area contributed by atoms with Gasteiger partial charge in [-0.25, -0.2) is 14.4 Å². The third-order valence-corrected chi connectivity index (χ3v) is 4.12. The summed E-state index contributed by atoms with van der Waals surface area (Å²) in [5.74, 6) is -0.0589. The molecular weight excluding hydrogens is 325 g/mol. The fraction of sp³-hybridized carbons (Fsp3) is 0.294. The molecule has 3 rings (SSSR count). The second kappa shape index (κ2) is 6.36. The summed E-state index contributed by atoms with van der Waals surface area (Å²) in [5.41, 5.74) is 0.292. The molecule has 0 radical (unpaired) electrons. The van der Waals surface area contributed by atoms with Crippen LogP contribution in [-0.2, 0) is 10.2 Å². The van der Waals surface area contributed by atoms with Crippen LogP contribution in [0.5, 0.6) is 5.75 Å². The van der Waals surface area contributed by atoms with Gasteiger partial charge in [0.05, 0.1) is 30.4 Å². The quantitative estimate of drug-likeness (QED) is 0.863. The van der Waals surface area contributed by atoms with Crippen LogP contribution >= 0.6 is 0 Å². The van der Waals surface area contributed by atoms with Crippen LogP contribution in [-0.4, -0.2) is 30.0 Å². The normalized spacial score (nSPS) is 14.3. The molecule has 8 heteroatoms. The van der Waals surface area contributed by atoms with Gasteiger partial charge in [0.25, 0.3) is 0 Å². The highest BCUT2D eigenvalue weighted by molar-refractivity contribution is 5.91. The van der Waals surface area contributed by atoms with Gasteiger partial charge in [-0.1, -0.05) is 0 Å². The van der Waals surface area contributed by atoms with E-state index in [4.69, 9.17) is 10.00 Å². The number of benzene rings is 1. The number of anilines is 2. The third-order valence-electron chi connectivity index (χ3n) is 4.12. The van der Waals surface area contributed by atoms with E-state index in [0.29, 0.717) is 30.0 Å². The second-order valence-corrected chi connectivity index (χ2v) is 5.74. The molecule has 1 aliphatic rings. The Labute approximate surface area is 143 Å². The van der Waals surface area contributed by atoms with Crippen LogP contribution in [0, 0.1) is 17.1 Å². The Bertz CT molecular complexity index is 874. The SMILES string of the molecule is CNC(=O)C1(c2nc(Nc3cc(F)cc(C#N)c3)ncc2OC)CC1. The van der Waals surface area contributed by atoms with Crippen molar-refractivity contribution >= 4 is 17.5 Å². The van der Waals surface area contributed by atoms with E-state index in [9.17, 15) is 9.18 Å². The van der Waals surface area contributed by atoms with Crippen molar-refractivity contribution in [3.05, 3.63) is 41.5 Å². The maximum atomic E-state index is 13.6. The molecule has 1 aromatic carbocycles. The van der Waals surface area contributed by atoms with Crippen molar-refractivity contribution in [3.63, 3.8) is 0 Å². The highest BCUT2D eigenvalue weighted by Gasteiger charge is 2.54. The van der Waals surface area contributed by atoms with E-state index in [1.807, 2.05) is 6.07 Å². The van der Waals surface area contributed by atoms with Crippen molar-refractivity contribution in [2.75, 3.05) is 19.5 Å². The zero-order valence-electron chi connectivity index (χ0n) is 13.8. The number of hydrogen-bond acceptors (Lipinski definition) is 6. The fourth-order valence-corrected chi connectivity index (χ4v) is 2.71. The van der Waals surface area contributed by atoms with Crippen molar-refractivity contribution in [1.82, 2.24) is 15.3 Å². The van der Waals surface area contributed by atoms with Crippen molar-refractivity contribution in [1.29, 1.82) is 5.26 Å². The zero-order valence-corrected chi connectivity index (χ0v) is 13.8. The largest absolute Gasteiger partial charge is 0.493 e. The van der Waals surface area contributed by atoms with E-state index < -0.39 is 11.2 Å². The molecule has 1 aliphatic carbocycles. The first-order valence-corrected chi connectivity index (χ1v) is 7.64. The number of ether oxygens (including phenoxy) is 1. The maximum Gasteiger partial charge on any atom is 0.232 e. The third kappa shape index (κ3) is 3.08. The van der Waals surface area contributed by atoms with Crippen LogP contribution < -0.4 is 15.4 Å². The summed E-state index contributed by atoms with van der Waals surface area (Å²) >= 11 is 0. The number of methoxy groups -OCH3 is 1. The number of halogens is 1. The highest BCUT2D eigenvalue weighted by Crippen LogP contribution is 2.50. The van der Waals surface area contributed by atoms with Gasteiger partial charge in [-0.2, -0.15) is 5.26 Å². The molecule has 0 aliphatic heterocycles. The Morgan fingerprint density at radius 1 is 1.40 bits per heavy atom. The van der Waals surface area contributed by atoms with E-state index in [1.165, 1.54) is 25.4 Å². The molecule has 1 fully saturated rings. The topological polar surface area (TPSA) is 99.9 Å². The van der Waals surface area contributed by atoms with E-state index in [0.717, 1.165) is 6.07 Å². The zero-order chi connectivity index (χ0) is 18.0. The Balaban J connectivity index is 1.97. The van der Waals surface area contributed by atoms with Gasteiger partial charge in [0.2, 0.25) is 11.9 Å². The van der Waals surface area contributed by atoms with E-state index >= 15 is 0 Å². The van der Waals surface area contributed by atoms with Gasteiger partial charge >= 0.3 is 0 Å². The van der Waals surface area contributed by atoms with Gasteiger partial charge in [-0.3, -0.25) is 4.79 Å². The van der Waals surface area contributed by atoms with Gasteiger partial charge in [0.1, 0.15) is 11.5 Å². The lowest BCUT2D eigenvalue weighted by Crippen LogP contribution is -2.33. The van der Waals surface area contributed by atoms with Crippen molar-refractivity contribution < 1.29 is 13.9 Å². The Kier molecular flexibility index (Phi) is 4.23. The number of aromatic nitrogens is 2. The van der Waals surface area contributed by atoms with Crippen LogP contribution in [0.2, 0.25) is 0 Å². The number of rotatable bonds is 5. The number of nitrogens with zero attached hydrogens (tertiary/aromatic N) is 3. The first kappa shape index (κ1) is 16.6. The number of carbonyl (C=O) groups excluding carboxylic acids is 1. The monoisotopic (exact) mass is 341 g/mol. The van der Waals surface area contributed by atoms with Crippen LogP contribution in [0.15, 0.2) is 24.4 Å². The molecule has 1 aromatic heterocycles. The Morgan fingerprint density at radius 3 is 2.76 bits per heavy atom. The smallest absolute Gasteiger partial charge is 0.232 e. The minimum atomic E-state index is -0.723. The lowest BCUT2D eigenvalue weighted by molar-refractivity contribution is -0.123. The van der Waals surface area contributed by atoms with E-state index in [1.54, 1.807) is 7.05 Å². The number of nitrogens with one attached hydrogen (secondary N) is 2. The summed E-state index contributed by atoms with van der Waals surface area (Å²) in [6.45, 7) is 0. The minimum Gasteiger partial charge on any atom is -0.493 e. The second-order valence-electron chi connectivity index (χ2n) is 5.74. The van der Waals surface area contributed by atoms with E-state index in [-0.39, 0.29) is 17.4 Å². The lowest BCUT2D eigenvalue weighted by Gasteiger charge is -2.17. The summed E-state index contributed by atoms with van der Waals surface area (Å²) in [7, 11) is 3.06. The molecule has 1 heterocycles. The number of likely N-dealkylation sites (N-methyl/N-ethyl adjacent to an activating group) is 1. The molecular formula is C17H16FN5O2. The molecule has 0 saturated heterocycles. The summed E-state index contributed by atoms with van der Waals surface area (Å²) in [6, 6.07) is 5.75. The minimum absolute atomic E-state index is 0.132.